The molecule has 0 aromatic heterocycles. The third kappa shape index (κ3) is 7.48. The van der Waals surface area contributed by atoms with Gasteiger partial charge < -0.3 is 9.47 Å². The molecule has 0 heterocycles. The fourth-order valence-electron chi connectivity index (χ4n) is 1.41. The Kier molecular flexibility index (Phi) is 8.56. The maximum absolute atomic E-state index is 10.9. The molecule has 0 aliphatic rings. The maximum atomic E-state index is 10.9. The van der Waals surface area contributed by atoms with Crippen LogP contribution in [-0.4, -0.2) is 57.2 Å². The second kappa shape index (κ2) is 8.83. The summed E-state index contributed by atoms with van der Waals surface area (Å²) < 4.78 is 10.1. The van der Waals surface area contributed by atoms with Gasteiger partial charge >= 0.3 is 0 Å². The fraction of sp³-hybridized carbons (Fsp3) is 0.909. The van der Waals surface area contributed by atoms with Gasteiger partial charge in [0.25, 0.3) is 0 Å². The number of methoxy groups -OCH3 is 2. The average Bonchev–Trinajstić information content (AvgIpc) is 2.17. The van der Waals surface area contributed by atoms with Gasteiger partial charge in [0, 0.05) is 39.8 Å². The smallest absolute Gasteiger partial charge is 0.131 e. The third-order valence-corrected chi connectivity index (χ3v) is 2.36. The highest BCUT2D eigenvalue weighted by molar-refractivity contribution is 5.75. The average molecular weight is 217 g/mol. The summed E-state index contributed by atoms with van der Waals surface area (Å²) in [5.41, 5.74) is 0. The zero-order valence-electron chi connectivity index (χ0n) is 10.3. The molecule has 0 bridgehead atoms. The maximum Gasteiger partial charge on any atom is 0.131 e. The summed E-state index contributed by atoms with van der Waals surface area (Å²) >= 11 is 0. The van der Waals surface area contributed by atoms with E-state index in [4.69, 9.17) is 9.47 Å². The Bertz CT molecular complexity index is 173. The number of Topliss-reactive ketones (excluding diaryl/α,β-unsaturated/α-hetero) is 1. The van der Waals surface area contributed by atoms with Crippen LogP contribution in [0.3, 0.4) is 0 Å². The van der Waals surface area contributed by atoms with Gasteiger partial charge in [-0.05, 0) is 13.8 Å². The molecular weight excluding hydrogens is 194 g/mol. The van der Waals surface area contributed by atoms with Gasteiger partial charge in [-0.3, -0.25) is 9.69 Å². The summed E-state index contributed by atoms with van der Waals surface area (Å²) in [5.74, 6) is 0.224. The van der Waals surface area contributed by atoms with E-state index in [1.165, 1.54) is 0 Å². The van der Waals surface area contributed by atoms with Crippen molar-refractivity contribution in [3.63, 3.8) is 0 Å². The number of hydrogen-bond donors (Lipinski definition) is 0. The highest BCUT2D eigenvalue weighted by atomic mass is 16.5. The highest BCUT2D eigenvalue weighted by Gasteiger charge is 2.13. The predicted molar refractivity (Wildman–Crippen MR) is 60.1 cm³/mol. The van der Waals surface area contributed by atoms with Crippen molar-refractivity contribution in [1.29, 1.82) is 0 Å². The van der Waals surface area contributed by atoms with E-state index < -0.39 is 0 Å². The van der Waals surface area contributed by atoms with Crippen LogP contribution in [0.15, 0.2) is 0 Å². The molecule has 1 unspecified atom stereocenters. The van der Waals surface area contributed by atoms with Crippen molar-refractivity contribution >= 4 is 5.78 Å². The number of ketones is 1. The summed E-state index contributed by atoms with van der Waals surface area (Å²) in [4.78, 5) is 13.1. The van der Waals surface area contributed by atoms with E-state index in [1.54, 1.807) is 21.1 Å². The molecule has 0 spiro atoms. The van der Waals surface area contributed by atoms with E-state index >= 15 is 0 Å². The van der Waals surface area contributed by atoms with Crippen molar-refractivity contribution < 1.29 is 14.3 Å². The number of carbonyl (C=O) groups is 1. The Labute approximate surface area is 92.5 Å². The minimum Gasteiger partial charge on any atom is -0.383 e. The van der Waals surface area contributed by atoms with Crippen molar-refractivity contribution in [2.45, 2.75) is 26.3 Å². The van der Waals surface area contributed by atoms with Crippen LogP contribution in [0.5, 0.6) is 0 Å². The molecule has 0 aliphatic carbocycles. The number of hydrogen-bond acceptors (Lipinski definition) is 4. The SMILES string of the molecule is COCCN(CCC(C)=O)C(C)COC. The zero-order valence-corrected chi connectivity index (χ0v) is 10.3. The largest absolute Gasteiger partial charge is 0.383 e. The lowest BCUT2D eigenvalue weighted by atomic mass is 10.2. The van der Waals surface area contributed by atoms with Gasteiger partial charge in [0.05, 0.1) is 13.2 Å². The third-order valence-electron chi connectivity index (χ3n) is 2.36. The second-order valence-corrected chi connectivity index (χ2v) is 3.79. The van der Waals surface area contributed by atoms with E-state index in [-0.39, 0.29) is 5.78 Å². The first-order chi connectivity index (χ1) is 7.11. The fourth-order valence-corrected chi connectivity index (χ4v) is 1.41. The number of ether oxygens (including phenoxy) is 2. The first-order valence-electron chi connectivity index (χ1n) is 5.33. The minimum absolute atomic E-state index is 0.224. The molecule has 0 aromatic rings. The number of nitrogens with zero attached hydrogens (tertiary/aromatic N) is 1. The molecule has 0 radical (unpaired) electrons. The van der Waals surface area contributed by atoms with Crippen molar-refractivity contribution in [3.05, 3.63) is 0 Å². The minimum atomic E-state index is 0.224. The molecule has 1 atom stereocenters. The molecule has 4 nitrogen and oxygen atoms in total. The van der Waals surface area contributed by atoms with Crippen molar-refractivity contribution in [1.82, 2.24) is 4.90 Å². The van der Waals surface area contributed by atoms with Gasteiger partial charge in [-0.2, -0.15) is 0 Å². The van der Waals surface area contributed by atoms with E-state index in [9.17, 15) is 4.79 Å². The first-order valence-corrected chi connectivity index (χ1v) is 5.33. The lowest BCUT2D eigenvalue weighted by molar-refractivity contribution is -0.117. The summed E-state index contributed by atoms with van der Waals surface area (Å²) in [6.07, 6.45) is 0.595. The Morgan fingerprint density at radius 2 is 1.93 bits per heavy atom. The molecule has 15 heavy (non-hydrogen) atoms. The van der Waals surface area contributed by atoms with Gasteiger partial charge in [-0.1, -0.05) is 0 Å². The van der Waals surface area contributed by atoms with Crippen molar-refractivity contribution in [2.24, 2.45) is 0 Å². The lowest BCUT2D eigenvalue weighted by Gasteiger charge is -2.27. The van der Waals surface area contributed by atoms with E-state index in [2.05, 4.69) is 11.8 Å². The molecule has 90 valence electrons. The summed E-state index contributed by atoms with van der Waals surface area (Å²) in [5, 5.41) is 0. The Balaban J connectivity index is 3.98. The zero-order chi connectivity index (χ0) is 11.7. The second-order valence-electron chi connectivity index (χ2n) is 3.79. The van der Waals surface area contributed by atoms with Gasteiger partial charge in [-0.15, -0.1) is 0 Å². The van der Waals surface area contributed by atoms with Crippen LogP contribution in [0.4, 0.5) is 0 Å². The Morgan fingerprint density at radius 3 is 2.40 bits per heavy atom. The standard InChI is InChI=1S/C11H23NO3/c1-10(9-15-4)12(7-8-14-3)6-5-11(2)13/h10H,5-9H2,1-4H3. The normalized spacial score (nSPS) is 13.1. The monoisotopic (exact) mass is 217 g/mol. The quantitative estimate of drug-likeness (QED) is 0.576. The number of carbonyl (C=O) groups excluding carboxylic acids is 1. The molecule has 0 aliphatic heterocycles. The van der Waals surface area contributed by atoms with Gasteiger partial charge in [0.2, 0.25) is 0 Å². The first kappa shape index (κ1) is 14.6. The van der Waals surface area contributed by atoms with Gasteiger partial charge in [0.1, 0.15) is 5.78 Å². The van der Waals surface area contributed by atoms with Gasteiger partial charge in [0.15, 0.2) is 0 Å². The Hall–Kier alpha value is -0.450. The van der Waals surface area contributed by atoms with Crippen LogP contribution < -0.4 is 0 Å². The van der Waals surface area contributed by atoms with Crippen LogP contribution in [0.2, 0.25) is 0 Å². The molecule has 0 aromatic carbocycles. The Morgan fingerprint density at radius 1 is 1.27 bits per heavy atom. The van der Waals surface area contributed by atoms with Crippen molar-refractivity contribution in [2.75, 3.05) is 40.5 Å². The van der Waals surface area contributed by atoms with Crippen LogP contribution in [-0.2, 0) is 14.3 Å². The van der Waals surface area contributed by atoms with Gasteiger partial charge in [-0.25, -0.2) is 0 Å². The topological polar surface area (TPSA) is 38.8 Å². The predicted octanol–water partition coefficient (Wildman–Crippen LogP) is 0.949. The highest BCUT2D eigenvalue weighted by Crippen LogP contribution is 2.01. The van der Waals surface area contributed by atoms with Crippen LogP contribution in [0.25, 0.3) is 0 Å². The van der Waals surface area contributed by atoms with E-state index in [1.807, 2.05) is 0 Å². The molecule has 4 heteroatoms. The summed E-state index contributed by atoms with van der Waals surface area (Å²) in [6.45, 7) is 6.71. The summed E-state index contributed by atoms with van der Waals surface area (Å²) in [7, 11) is 3.38. The lowest BCUT2D eigenvalue weighted by Crippen LogP contribution is -2.39. The molecule has 0 N–H and O–H groups in total. The van der Waals surface area contributed by atoms with E-state index in [0.717, 1.165) is 13.1 Å². The molecule has 0 saturated carbocycles. The molecule has 0 amide bonds. The van der Waals surface area contributed by atoms with Crippen LogP contribution >= 0.6 is 0 Å². The molecule has 0 rings (SSSR count). The van der Waals surface area contributed by atoms with Crippen LogP contribution in [0.1, 0.15) is 20.3 Å². The molecule has 0 fully saturated rings. The van der Waals surface area contributed by atoms with E-state index in [0.29, 0.717) is 25.7 Å². The molecular formula is C11H23NO3. The van der Waals surface area contributed by atoms with Crippen LogP contribution in [0, 0.1) is 0 Å². The van der Waals surface area contributed by atoms with Crippen molar-refractivity contribution in [3.8, 4) is 0 Å². The summed E-state index contributed by atoms with van der Waals surface area (Å²) in [6, 6.07) is 0.324. The molecule has 0 saturated heterocycles. The number of rotatable bonds is 9.